The summed E-state index contributed by atoms with van der Waals surface area (Å²) in [6, 6.07) is 12.8. The Morgan fingerprint density at radius 3 is 2.68 bits per heavy atom. The average Bonchev–Trinajstić information content (AvgIpc) is 2.51. The quantitative estimate of drug-likeness (QED) is 0.903. The first kappa shape index (κ1) is 14.8. The van der Waals surface area contributed by atoms with E-state index in [4.69, 9.17) is 0 Å². The Morgan fingerprint density at radius 2 is 2.00 bits per heavy atom. The molecule has 3 nitrogen and oxygen atoms in total. The molecule has 0 amide bonds. The Labute approximate surface area is 133 Å². The summed E-state index contributed by atoms with van der Waals surface area (Å²) in [4.78, 5) is 4.27. The molecule has 5 heteroatoms. The highest BCUT2D eigenvalue weighted by Gasteiger charge is 2.15. The van der Waals surface area contributed by atoms with Crippen molar-refractivity contribution in [3.63, 3.8) is 0 Å². The van der Waals surface area contributed by atoms with Gasteiger partial charge < -0.3 is 0 Å². The van der Waals surface area contributed by atoms with Gasteiger partial charge in [0, 0.05) is 11.3 Å². The molecule has 0 saturated heterocycles. The van der Waals surface area contributed by atoms with E-state index < -0.39 is 0 Å². The van der Waals surface area contributed by atoms with Crippen LogP contribution in [-0.2, 0) is 0 Å². The Kier molecular flexibility index (Phi) is 4.24. The van der Waals surface area contributed by atoms with Gasteiger partial charge in [-0.2, -0.15) is 5.10 Å². The van der Waals surface area contributed by atoms with E-state index in [1.807, 2.05) is 0 Å². The fraction of sp³-hybridized carbons (Fsp3) is 0.176. The topological polar surface area (TPSA) is 36.8 Å². The van der Waals surface area contributed by atoms with Crippen molar-refractivity contribution in [2.75, 3.05) is 5.75 Å². The van der Waals surface area contributed by atoms with Crippen molar-refractivity contribution in [1.82, 2.24) is 5.43 Å². The SMILES string of the molecule is Cc1ccc(C2=NNC(=Nc3ccccc3F)SC2)c(C)c1. The molecule has 0 spiro atoms. The fourth-order valence-corrected chi connectivity index (χ4v) is 3.07. The van der Waals surface area contributed by atoms with Gasteiger partial charge in [0.1, 0.15) is 11.5 Å². The van der Waals surface area contributed by atoms with E-state index in [0.717, 1.165) is 11.3 Å². The van der Waals surface area contributed by atoms with Crippen LogP contribution in [0.5, 0.6) is 0 Å². The third-order valence-corrected chi connectivity index (χ3v) is 4.27. The van der Waals surface area contributed by atoms with Crippen molar-refractivity contribution in [2.45, 2.75) is 13.8 Å². The highest BCUT2D eigenvalue weighted by Crippen LogP contribution is 2.22. The van der Waals surface area contributed by atoms with Crippen LogP contribution in [0.4, 0.5) is 10.1 Å². The molecule has 1 aliphatic rings. The number of thioether (sulfide) groups is 1. The zero-order valence-electron chi connectivity index (χ0n) is 12.4. The normalized spacial score (nSPS) is 16.3. The lowest BCUT2D eigenvalue weighted by Gasteiger charge is -2.16. The van der Waals surface area contributed by atoms with Crippen molar-refractivity contribution in [1.29, 1.82) is 0 Å². The summed E-state index contributed by atoms with van der Waals surface area (Å²) in [5, 5.41) is 5.00. The maximum absolute atomic E-state index is 13.6. The van der Waals surface area contributed by atoms with Crippen LogP contribution in [0.2, 0.25) is 0 Å². The summed E-state index contributed by atoms with van der Waals surface area (Å²) in [5.41, 5.74) is 7.80. The molecule has 0 aromatic heterocycles. The molecule has 2 aromatic carbocycles. The number of rotatable bonds is 2. The van der Waals surface area contributed by atoms with Crippen LogP contribution in [0.1, 0.15) is 16.7 Å². The summed E-state index contributed by atoms with van der Waals surface area (Å²) in [6.45, 7) is 4.16. The van der Waals surface area contributed by atoms with E-state index in [-0.39, 0.29) is 5.82 Å². The van der Waals surface area contributed by atoms with Gasteiger partial charge in [-0.1, -0.05) is 47.7 Å². The number of hydrogen-bond acceptors (Lipinski definition) is 3. The number of hydrogen-bond donors (Lipinski definition) is 1. The van der Waals surface area contributed by atoms with E-state index in [1.165, 1.54) is 29.0 Å². The van der Waals surface area contributed by atoms with Crippen LogP contribution in [0, 0.1) is 19.7 Å². The van der Waals surface area contributed by atoms with Crippen LogP contribution in [0.3, 0.4) is 0 Å². The number of benzene rings is 2. The maximum Gasteiger partial charge on any atom is 0.182 e. The van der Waals surface area contributed by atoms with E-state index in [0.29, 0.717) is 16.6 Å². The van der Waals surface area contributed by atoms with Crippen LogP contribution < -0.4 is 5.43 Å². The molecule has 1 heterocycles. The lowest BCUT2D eigenvalue weighted by Crippen LogP contribution is -2.25. The second kappa shape index (κ2) is 6.32. The first-order chi connectivity index (χ1) is 10.6. The molecule has 112 valence electrons. The van der Waals surface area contributed by atoms with Crippen LogP contribution in [0.15, 0.2) is 52.6 Å². The molecule has 3 rings (SSSR count). The Balaban J connectivity index is 1.81. The second-order valence-electron chi connectivity index (χ2n) is 5.15. The molecule has 22 heavy (non-hydrogen) atoms. The zero-order valence-corrected chi connectivity index (χ0v) is 13.2. The van der Waals surface area contributed by atoms with E-state index in [1.54, 1.807) is 18.2 Å². The largest absolute Gasteiger partial charge is 0.255 e. The molecule has 0 bridgehead atoms. The standard InChI is InChI=1S/C17H16FN3S/c1-11-7-8-13(12(2)9-11)16-10-22-17(21-20-16)19-15-6-4-3-5-14(15)18/h3-9H,10H2,1-2H3,(H,19,21). The smallest absolute Gasteiger partial charge is 0.182 e. The van der Waals surface area contributed by atoms with E-state index >= 15 is 0 Å². The minimum atomic E-state index is -0.332. The Morgan fingerprint density at radius 1 is 1.18 bits per heavy atom. The Hall–Kier alpha value is -2.14. The minimum Gasteiger partial charge on any atom is -0.255 e. The molecule has 0 unspecified atom stereocenters. The fourth-order valence-electron chi connectivity index (χ4n) is 2.30. The van der Waals surface area contributed by atoms with Gasteiger partial charge >= 0.3 is 0 Å². The molecule has 0 atom stereocenters. The number of nitrogens with one attached hydrogen (secondary N) is 1. The van der Waals surface area contributed by atoms with Crippen molar-refractivity contribution in [3.8, 4) is 0 Å². The van der Waals surface area contributed by atoms with Crippen molar-refractivity contribution >= 4 is 28.3 Å². The molecule has 2 aromatic rings. The summed E-state index contributed by atoms with van der Waals surface area (Å²) < 4.78 is 13.6. The second-order valence-corrected chi connectivity index (χ2v) is 6.11. The lowest BCUT2D eigenvalue weighted by molar-refractivity contribution is 0.630. The number of nitrogens with zero attached hydrogens (tertiary/aromatic N) is 2. The number of amidine groups is 1. The highest BCUT2D eigenvalue weighted by molar-refractivity contribution is 8.14. The van der Waals surface area contributed by atoms with E-state index in [9.17, 15) is 4.39 Å². The molecule has 1 aliphatic heterocycles. The van der Waals surface area contributed by atoms with Gasteiger partial charge in [-0.05, 0) is 31.5 Å². The first-order valence-electron chi connectivity index (χ1n) is 7.00. The number of halogens is 1. The number of aryl methyl sites for hydroxylation is 2. The van der Waals surface area contributed by atoms with Gasteiger partial charge in [0.25, 0.3) is 0 Å². The molecular weight excluding hydrogens is 297 g/mol. The number of para-hydroxylation sites is 1. The van der Waals surface area contributed by atoms with Crippen molar-refractivity contribution in [3.05, 3.63) is 65.0 Å². The summed E-state index contributed by atoms with van der Waals surface area (Å²) in [5.74, 6) is 0.381. The van der Waals surface area contributed by atoms with Crippen LogP contribution >= 0.6 is 11.8 Å². The van der Waals surface area contributed by atoms with Crippen LogP contribution in [-0.4, -0.2) is 16.6 Å². The number of hydrazone groups is 1. The summed E-state index contributed by atoms with van der Waals surface area (Å²) >= 11 is 1.52. The van der Waals surface area contributed by atoms with Crippen molar-refractivity contribution in [2.24, 2.45) is 10.1 Å². The van der Waals surface area contributed by atoms with Gasteiger partial charge in [-0.25, -0.2) is 9.38 Å². The predicted octanol–water partition coefficient (Wildman–Crippen LogP) is 4.17. The van der Waals surface area contributed by atoms with E-state index in [2.05, 4.69) is 47.6 Å². The molecule has 0 aliphatic carbocycles. The zero-order chi connectivity index (χ0) is 15.5. The van der Waals surface area contributed by atoms with Gasteiger partial charge in [0.05, 0.1) is 5.71 Å². The third-order valence-electron chi connectivity index (χ3n) is 3.40. The van der Waals surface area contributed by atoms with Crippen molar-refractivity contribution < 1.29 is 4.39 Å². The van der Waals surface area contributed by atoms with Gasteiger partial charge in [-0.3, -0.25) is 5.43 Å². The third kappa shape index (κ3) is 3.20. The molecule has 1 N–H and O–H groups in total. The predicted molar refractivity (Wildman–Crippen MR) is 91.5 cm³/mol. The number of aliphatic imine (C=N–C) groups is 1. The molecule has 0 saturated carbocycles. The first-order valence-corrected chi connectivity index (χ1v) is 7.98. The maximum atomic E-state index is 13.6. The molecule has 0 fully saturated rings. The lowest BCUT2D eigenvalue weighted by atomic mass is 10.0. The van der Waals surface area contributed by atoms with Crippen LogP contribution in [0.25, 0.3) is 0 Å². The summed E-state index contributed by atoms with van der Waals surface area (Å²) in [6.07, 6.45) is 0. The average molecular weight is 313 g/mol. The molecule has 0 radical (unpaired) electrons. The minimum absolute atomic E-state index is 0.322. The highest BCUT2D eigenvalue weighted by atomic mass is 32.2. The monoisotopic (exact) mass is 313 g/mol. The van der Waals surface area contributed by atoms with Gasteiger partial charge in [0.2, 0.25) is 0 Å². The van der Waals surface area contributed by atoms with Gasteiger partial charge in [0.15, 0.2) is 5.17 Å². The summed E-state index contributed by atoms with van der Waals surface area (Å²) in [7, 11) is 0. The van der Waals surface area contributed by atoms with Gasteiger partial charge in [-0.15, -0.1) is 0 Å². The Bertz CT molecular complexity index is 768. The molecular formula is C17H16FN3S.